The van der Waals surface area contributed by atoms with Gasteiger partial charge in [-0.1, -0.05) is 35.1 Å². The van der Waals surface area contributed by atoms with E-state index >= 15 is 0 Å². The van der Waals surface area contributed by atoms with Crippen molar-refractivity contribution >= 4 is 50.0 Å². The molecule has 0 saturated heterocycles. The van der Waals surface area contributed by atoms with Crippen molar-refractivity contribution in [3.8, 4) is 0 Å². The van der Waals surface area contributed by atoms with Gasteiger partial charge in [0.25, 0.3) is 5.91 Å². The SMILES string of the molecule is O=C(C1=C(O)C(=O)N(c2nc3ccc(F)cc3s2)[C@@H]1c1ccc(Cl)cc1)c1ccco1. The predicted molar refractivity (Wildman–Crippen MR) is 114 cm³/mol. The summed E-state index contributed by atoms with van der Waals surface area (Å²) in [5.41, 5.74) is 0.907. The van der Waals surface area contributed by atoms with Crippen LogP contribution in [0.1, 0.15) is 22.2 Å². The van der Waals surface area contributed by atoms with E-state index in [0.717, 1.165) is 11.3 Å². The van der Waals surface area contributed by atoms with Gasteiger partial charge in [-0.3, -0.25) is 14.5 Å². The fraction of sp³-hybridized carbons (Fsp3) is 0.0455. The minimum absolute atomic E-state index is 0.0125. The molecule has 1 aliphatic rings. The molecule has 5 rings (SSSR count). The van der Waals surface area contributed by atoms with Crippen molar-refractivity contribution in [2.45, 2.75) is 6.04 Å². The fourth-order valence-electron chi connectivity index (χ4n) is 3.52. The molecule has 0 unspecified atom stereocenters. The lowest BCUT2D eigenvalue weighted by Gasteiger charge is -2.24. The average molecular weight is 455 g/mol. The maximum atomic E-state index is 13.6. The second-order valence-electron chi connectivity index (χ2n) is 6.81. The molecule has 2 aromatic carbocycles. The zero-order valence-corrected chi connectivity index (χ0v) is 17.2. The van der Waals surface area contributed by atoms with Gasteiger partial charge < -0.3 is 9.52 Å². The summed E-state index contributed by atoms with van der Waals surface area (Å²) >= 11 is 7.09. The Balaban J connectivity index is 1.68. The summed E-state index contributed by atoms with van der Waals surface area (Å²) in [6.07, 6.45) is 1.33. The number of hydrogen-bond donors (Lipinski definition) is 1. The Morgan fingerprint density at radius 3 is 2.68 bits per heavy atom. The number of aromatic nitrogens is 1. The van der Waals surface area contributed by atoms with Crippen molar-refractivity contribution in [1.29, 1.82) is 0 Å². The number of ketones is 1. The Hall–Kier alpha value is -3.49. The van der Waals surface area contributed by atoms with Crippen LogP contribution >= 0.6 is 22.9 Å². The third-order valence-corrected chi connectivity index (χ3v) is 6.20. The van der Waals surface area contributed by atoms with Crippen LogP contribution in [0.5, 0.6) is 0 Å². The highest BCUT2D eigenvalue weighted by Gasteiger charge is 2.46. The minimum atomic E-state index is -0.965. The molecule has 2 aromatic heterocycles. The molecule has 0 saturated carbocycles. The first kappa shape index (κ1) is 19.5. The quantitative estimate of drug-likeness (QED) is 0.414. The first-order valence-electron chi connectivity index (χ1n) is 9.10. The van der Waals surface area contributed by atoms with Crippen LogP contribution in [0.25, 0.3) is 10.2 Å². The van der Waals surface area contributed by atoms with Crippen molar-refractivity contribution in [1.82, 2.24) is 4.98 Å². The second kappa shape index (κ2) is 7.33. The van der Waals surface area contributed by atoms with Crippen LogP contribution in [-0.2, 0) is 4.79 Å². The average Bonchev–Trinajstić information content (AvgIpc) is 3.47. The first-order valence-corrected chi connectivity index (χ1v) is 10.3. The Kier molecular flexibility index (Phi) is 4.60. The molecule has 154 valence electrons. The van der Waals surface area contributed by atoms with E-state index in [9.17, 15) is 19.1 Å². The zero-order chi connectivity index (χ0) is 21.7. The number of benzene rings is 2. The largest absolute Gasteiger partial charge is 0.503 e. The van der Waals surface area contributed by atoms with Crippen LogP contribution in [0.4, 0.5) is 9.52 Å². The van der Waals surface area contributed by atoms with Gasteiger partial charge in [0, 0.05) is 5.02 Å². The summed E-state index contributed by atoms with van der Waals surface area (Å²) in [7, 11) is 0. The number of anilines is 1. The number of furan rings is 1. The summed E-state index contributed by atoms with van der Waals surface area (Å²) in [5.74, 6) is -2.53. The van der Waals surface area contributed by atoms with Crippen molar-refractivity contribution in [3.05, 3.63) is 94.4 Å². The van der Waals surface area contributed by atoms with Crippen LogP contribution in [0.2, 0.25) is 5.02 Å². The number of Topliss-reactive ketones (excluding diaryl/α,β-unsaturated/α-hetero) is 1. The van der Waals surface area contributed by atoms with Gasteiger partial charge in [0.15, 0.2) is 16.7 Å². The van der Waals surface area contributed by atoms with Gasteiger partial charge in [-0.2, -0.15) is 0 Å². The predicted octanol–water partition coefficient (Wildman–Crippen LogP) is 5.46. The van der Waals surface area contributed by atoms with Gasteiger partial charge >= 0.3 is 0 Å². The van der Waals surface area contributed by atoms with Crippen LogP contribution in [0.3, 0.4) is 0 Å². The molecular weight excluding hydrogens is 443 g/mol. The molecule has 4 aromatic rings. The number of carbonyl (C=O) groups excluding carboxylic acids is 2. The topological polar surface area (TPSA) is 83.6 Å². The lowest BCUT2D eigenvalue weighted by atomic mass is 9.95. The number of fused-ring (bicyclic) bond motifs is 1. The highest BCUT2D eigenvalue weighted by Crippen LogP contribution is 2.44. The van der Waals surface area contributed by atoms with E-state index in [1.807, 2.05) is 0 Å². The van der Waals surface area contributed by atoms with Gasteiger partial charge in [0.1, 0.15) is 5.82 Å². The Morgan fingerprint density at radius 1 is 1.19 bits per heavy atom. The number of carbonyl (C=O) groups is 2. The van der Waals surface area contributed by atoms with Crippen LogP contribution < -0.4 is 4.90 Å². The van der Waals surface area contributed by atoms with E-state index in [1.165, 1.54) is 35.4 Å². The summed E-state index contributed by atoms with van der Waals surface area (Å²) < 4.78 is 19.4. The molecule has 6 nitrogen and oxygen atoms in total. The van der Waals surface area contributed by atoms with E-state index < -0.39 is 29.3 Å². The van der Waals surface area contributed by atoms with Gasteiger partial charge in [-0.15, -0.1) is 0 Å². The molecule has 9 heteroatoms. The molecule has 1 amide bonds. The summed E-state index contributed by atoms with van der Waals surface area (Å²) in [6, 6.07) is 12.7. The normalized spacial score (nSPS) is 16.5. The Labute approximate surface area is 183 Å². The summed E-state index contributed by atoms with van der Waals surface area (Å²) in [5, 5.41) is 11.4. The van der Waals surface area contributed by atoms with Crippen LogP contribution in [0, 0.1) is 5.82 Å². The monoisotopic (exact) mass is 454 g/mol. The molecule has 0 aliphatic carbocycles. The Bertz CT molecular complexity index is 1360. The molecule has 3 heterocycles. The number of nitrogens with zero attached hydrogens (tertiary/aromatic N) is 2. The van der Waals surface area contributed by atoms with Crippen molar-refractivity contribution < 1.29 is 23.5 Å². The van der Waals surface area contributed by atoms with E-state index in [0.29, 0.717) is 20.8 Å². The summed E-state index contributed by atoms with van der Waals surface area (Å²) in [4.78, 5) is 31.9. The molecule has 1 aliphatic heterocycles. The van der Waals surface area contributed by atoms with Crippen molar-refractivity contribution in [3.63, 3.8) is 0 Å². The lowest BCUT2D eigenvalue weighted by molar-refractivity contribution is -0.117. The number of aliphatic hydroxyl groups is 1. The van der Waals surface area contributed by atoms with Gasteiger partial charge in [0.2, 0.25) is 5.78 Å². The fourth-order valence-corrected chi connectivity index (χ4v) is 4.67. The number of halogens is 2. The van der Waals surface area contributed by atoms with Crippen molar-refractivity contribution in [2.24, 2.45) is 0 Å². The van der Waals surface area contributed by atoms with E-state index in [2.05, 4.69) is 4.98 Å². The zero-order valence-electron chi connectivity index (χ0n) is 15.6. The van der Waals surface area contributed by atoms with Gasteiger partial charge in [-0.25, -0.2) is 9.37 Å². The molecule has 0 fully saturated rings. The minimum Gasteiger partial charge on any atom is -0.503 e. The van der Waals surface area contributed by atoms with Crippen molar-refractivity contribution in [2.75, 3.05) is 4.90 Å². The molecule has 0 radical (unpaired) electrons. The van der Waals surface area contributed by atoms with Crippen LogP contribution in [-0.4, -0.2) is 21.8 Å². The molecule has 1 N–H and O–H groups in total. The number of aliphatic hydroxyl groups excluding tert-OH is 1. The highest BCUT2D eigenvalue weighted by molar-refractivity contribution is 7.22. The van der Waals surface area contributed by atoms with E-state index in [4.69, 9.17) is 16.0 Å². The third kappa shape index (κ3) is 3.20. The standard InChI is InChI=1S/C22H12ClFN2O4S/c23-12-5-3-11(4-6-12)18-17(19(27)15-2-1-9-30-15)20(28)21(29)26(18)22-25-14-8-7-13(24)10-16(14)31-22/h1-10,18,28H/t18-/m1/s1. The first-order chi connectivity index (χ1) is 14.9. The number of rotatable bonds is 4. The number of amides is 1. The molecular formula is C22H12ClFN2O4S. The Morgan fingerprint density at radius 2 is 1.97 bits per heavy atom. The third-order valence-electron chi connectivity index (χ3n) is 4.93. The van der Waals surface area contributed by atoms with E-state index in [1.54, 1.807) is 30.3 Å². The van der Waals surface area contributed by atoms with E-state index in [-0.39, 0.29) is 16.5 Å². The second-order valence-corrected chi connectivity index (χ2v) is 8.25. The molecule has 0 bridgehead atoms. The molecule has 0 spiro atoms. The molecule has 1 atom stereocenters. The molecule has 31 heavy (non-hydrogen) atoms. The maximum Gasteiger partial charge on any atom is 0.296 e. The maximum absolute atomic E-state index is 13.6. The smallest absolute Gasteiger partial charge is 0.296 e. The summed E-state index contributed by atoms with van der Waals surface area (Å²) in [6.45, 7) is 0. The highest BCUT2D eigenvalue weighted by atomic mass is 35.5. The van der Waals surface area contributed by atoms with Crippen LogP contribution in [0.15, 0.2) is 76.6 Å². The number of thiazole rings is 1. The van der Waals surface area contributed by atoms with Gasteiger partial charge in [-0.05, 0) is 48.0 Å². The lowest BCUT2D eigenvalue weighted by Crippen LogP contribution is -2.30. The van der Waals surface area contributed by atoms with Gasteiger partial charge in [0.05, 0.1) is 28.1 Å². The number of hydrogen-bond acceptors (Lipinski definition) is 6.